The summed E-state index contributed by atoms with van der Waals surface area (Å²) >= 11 is 0. The maximum atomic E-state index is 11.7. The minimum Gasteiger partial charge on any atom is -0.352 e. The molecule has 0 atom stereocenters. The number of amides is 1. The number of hydrogen-bond donors (Lipinski definition) is 1. The van der Waals surface area contributed by atoms with Gasteiger partial charge in [0.05, 0.1) is 0 Å². The number of nitrogens with one attached hydrogen (secondary N) is 1. The zero-order valence-corrected chi connectivity index (χ0v) is 8.84. The molecule has 1 amide bonds. The van der Waals surface area contributed by atoms with Gasteiger partial charge in [-0.1, -0.05) is 32.0 Å². The summed E-state index contributed by atoms with van der Waals surface area (Å²) in [6.45, 7) is 4.86. The van der Waals surface area contributed by atoms with E-state index in [1.54, 1.807) is 0 Å². The largest absolute Gasteiger partial charge is 0.352 e. The Morgan fingerprint density at radius 3 is 2.64 bits per heavy atom. The summed E-state index contributed by atoms with van der Waals surface area (Å²) in [4.78, 5) is 11.7. The topological polar surface area (TPSA) is 29.1 Å². The van der Waals surface area contributed by atoms with E-state index in [0.29, 0.717) is 0 Å². The van der Waals surface area contributed by atoms with Crippen LogP contribution in [0.3, 0.4) is 0 Å². The van der Waals surface area contributed by atoms with E-state index in [2.05, 4.69) is 12.2 Å². The number of rotatable bonds is 4. The van der Waals surface area contributed by atoms with Crippen LogP contribution in [0.25, 0.3) is 0 Å². The van der Waals surface area contributed by atoms with Crippen molar-refractivity contribution in [3.8, 4) is 0 Å². The molecular weight excluding hydrogens is 174 g/mol. The quantitative estimate of drug-likeness (QED) is 0.778. The Hall–Kier alpha value is -1.31. The Labute approximate surface area is 85.3 Å². The lowest BCUT2D eigenvalue weighted by Crippen LogP contribution is -2.24. The van der Waals surface area contributed by atoms with Crippen LogP contribution in [0.2, 0.25) is 0 Å². The van der Waals surface area contributed by atoms with Crippen LogP contribution < -0.4 is 5.32 Å². The molecule has 0 fully saturated rings. The smallest absolute Gasteiger partial charge is 0.251 e. The molecule has 0 saturated heterocycles. The van der Waals surface area contributed by atoms with Crippen LogP contribution in [-0.2, 0) is 6.42 Å². The Morgan fingerprint density at radius 2 is 2.00 bits per heavy atom. The van der Waals surface area contributed by atoms with E-state index in [4.69, 9.17) is 0 Å². The van der Waals surface area contributed by atoms with E-state index in [9.17, 15) is 4.79 Å². The first kappa shape index (κ1) is 10.8. The minimum absolute atomic E-state index is 0.0456. The van der Waals surface area contributed by atoms with Crippen molar-refractivity contribution < 1.29 is 4.79 Å². The van der Waals surface area contributed by atoms with Gasteiger partial charge in [0.1, 0.15) is 0 Å². The van der Waals surface area contributed by atoms with Gasteiger partial charge in [-0.15, -0.1) is 0 Å². The van der Waals surface area contributed by atoms with Gasteiger partial charge >= 0.3 is 0 Å². The molecule has 14 heavy (non-hydrogen) atoms. The van der Waals surface area contributed by atoms with E-state index in [-0.39, 0.29) is 5.91 Å². The average molecular weight is 191 g/mol. The van der Waals surface area contributed by atoms with Gasteiger partial charge in [-0.05, 0) is 24.5 Å². The molecule has 76 valence electrons. The zero-order valence-electron chi connectivity index (χ0n) is 8.84. The van der Waals surface area contributed by atoms with Gasteiger partial charge in [0.15, 0.2) is 0 Å². The second kappa shape index (κ2) is 5.43. The molecule has 2 nitrogen and oxygen atoms in total. The summed E-state index contributed by atoms with van der Waals surface area (Å²) in [7, 11) is 0. The van der Waals surface area contributed by atoms with Gasteiger partial charge in [0.2, 0.25) is 0 Å². The van der Waals surface area contributed by atoms with Crippen LogP contribution in [0, 0.1) is 0 Å². The van der Waals surface area contributed by atoms with Gasteiger partial charge < -0.3 is 5.32 Å². The first-order valence-electron chi connectivity index (χ1n) is 5.15. The minimum atomic E-state index is 0.0456. The Kier molecular flexibility index (Phi) is 4.17. The standard InChI is InChI=1S/C12H17NO/c1-3-9-13-12(14)11-8-6-5-7-10(11)4-2/h5-8H,3-4,9H2,1-2H3,(H,13,14). The summed E-state index contributed by atoms with van der Waals surface area (Å²) in [5, 5.41) is 2.88. The normalized spacial score (nSPS) is 9.86. The number of benzene rings is 1. The third-order valence-electron chi connectivity index (χ3n) is 2.18. The molecule has 0 heterocycles. The third kappa shape index (κ3) is 2.59. The van der Waals surface area contributed by atoms with Gasteiger partial charge in [-0.3, -0.25) is 4.79 Å². The van der Waals surface area contributed by atoms with E-state index in [1.807, 2.05) is 31.2 Å². The third-order valence-corrected chi connectivity index (χ3v) is 2.18. The molecule has 0 aliphatic rings. The second-order valence-electron chi connectivity index (χ2n) is 3.27. The van der Waals surface area contributed by atoms with Crippen molar-refractivity contribution in [3.63, 3.8) is 0 Å². The van der Waals surface area contributed by atoms with Crippen molar-refractivity contribution in [2.45, 2.75) is 26.7 Å². The summed E-state index contributed by atoms with van der Waals surface area (Å²) in [5.74, 6) is 0.0456. The Bertz CT molecular complexity index is 307. The van der Waals surface area contributed by atoms with Crippen molar-refractivity contribution in [1.82, 2.24) is 5.32 Å². The van der Waals surface area contributed by atoms with Crippen LogP contribution in [0.4, 0.5) is 0 Å². The maximum Gasteiger partial charge on any atom is 0.251 e. The Balaban J connectivity index is 2.78. The first-order chi connectivity index (χ1) is 6.79. The lowest BCUT2D eigenvalue weighted by atomic mass is 10.0. The van der Waals surface area contributed by atoms with Gasteiger partial charge in [0, 0.05) is 12.1 Å². The van der Waals surface area contributed by atoms with Gasteiger partial charge in [0.25, 0.3) is 5.91 Å². The van der Waals surface area contributed by atoms with Crippen molar-refractivity contribution >= 4 is 5.91 Å². The molecular formula is C12H17NO. The van der Waals surface area contributed by atoms with Crippen molar-refractivity contribution in [2.24, 2.45) is 0 Å². The number of aryl methyl sites for hydroxylation is 1. The summed E-state index contributed by atoms with van der Waals surface area (Å²) in [5.41, 5.74) is 1.92. The van der Waals surface area contributed by atoms with Crippen LogP contribution >= 0.6 is 0 Å². The SMILES string of the molecule is CCCNC(=O)c1ccccc1CC. The molecule has 0 bridgehead atoms. The summed E-state index contributed by atoms with van der Waals surface area (Å²) < 4.78 is 0. The molecule has 0 aliphatic carbocycles. The molecule has 0 aromatic heterocycles. The molecule has 1 N–H and O–H groups in total. The van der Waals surface area contributed by atoms with Crippen LogP contribution in [0.15, 0.2) is 24.3 Å². The monoisotopic (exact) mass is 191 g/mol. The Morgan fingerprint density at radius 1 is 1.29 bits per heavy atom. The molecule has 0 unspecified atom stereocenters. The number of carbonyl (C=O) groups is 1. The lowest BCUT2D eigenvalue weighted by Gasteiger charge is -2.07. The van der Waals surface area contributed by atoms with Crippen molar-refractivity contribution in [2.75, 3.05) is 6.54 Å². The fourth-order valence-corrected chi connectivity index (χ4v) is 1.38. The van der Waals surface area contributed by atoms with Gasteiger partial charge in [-0.25, -0.2) is 0 Å². The maximum absolute atomic E-state index is 11.7. The highest BCUT2D eigenvalue weighted by Gasteiger charge is 2.07. The predicted molar refractivity (Wildman–Crippen MR) is 58.4 cm³/mol. The van der Waals surface area contributed by atoms with Crippen LogP contribution in [0.1, 0.15) is 36.2 Å². The van der Waals surface area contributed by atoms with E-state index < -0.39 is 0 Å². The zero-order chi connectivity index (χ0) is 10.4. The molecule has 0 spiro atoms. The number of carbonyl (C=O) groups excluding carboxylic acids is 1. The fourth-order valence-electron chi connectivity index (χ4n) is 1.38. The van der Waals surface area contributed by atoms with Crippen molar-refractivity contribution in [1.29, 1.82) is 0 Å². The van der Waals surface area contributed by atoms with E-state index in [0.717, 1.165) is 30.5 Å². The molecule has 1 rings (SSSR count). The van der Waals surface area contributed by atoms with Crippen LogP contribution in [0.5, 0.6) is 0 Å². The molecule has 2 heteroatoms. The summed E-state index contributed by atoms with van der Waals surface area (Å²) in [6.07, 6.45) is 1.87. The second-order valence-corrected chi connectivity index (χ2v) is 3.27. The predicted octanol–water partition coefficient (Wildman–Crippen LogP) is 2.39. The molecule has 1 aromatic carbocycles. The average Bonchev–Trinajstić information content (AvgIpc) is 2.25. The summed E-state index contributed by atoms with van der Waals surface area (Å²) in [6, 6.07) is 7.75. The molecule has 1 aromatic rings. The highest BCUT2D eigenvalue weighted by atomic mass is 16.1. The highest BCUT2D eigenvalue weighted by Crippen LogP contribution is 2.08. The van der Waals surface area contributed by atoms with Gasteiger partial charge in [-0.2, -0.15) is 0 Å². The molecule has 0 aliphatic heterocycles. The van der Waals surface area contributed by atoms with E-state index >= 15 is 0 Å². The van der Waals surface area contributed by atoms with Crippen LogP contribution in [-0.4, -0.2) is 12.5 Å². The highest BCUT2D eigenvalue weighted by molar-refractivity contribution is 5.95. The first-order valence-corrected chi connectivity index (χ1v) is 5.15. The molecule has 0 radical (unpaired) electrons. The fraction of sp³-hybridized carbons (Fsp3) is 0.417. The lowest BCUT2D eigenvalue weighted by molar-refractivity contribution is 0.0953. The molecule has 0 saturated carbocycles. The number of hydrogen-bond acceptors (Lipinski definition) is 1. The van der Waals surface area contributed by atoms with E-state index in [1.165, 1.54) is 0 Å². The van der Waals surface area contributed by atoms with Crippen molar-refractivity contribution in [3.05, 3.63) is 35.4 Å².